The van der Waals surface area contributed by atoms with Crippen LogP contribution in [0.25, 0.3) is 0 Å². The minimum absolute atomic E-state index is 0.0880. The van der Waals surface area contributed by atoms with Gasteiger partial charge in [-0.15, -0.1) is 0 Å². The van der Waals surface area contributed by atoms with Crippen molar-refractivity contribution < 1.29 is 14.3 Å². The SMILES string of the molecule is CCOc1ccc(CCC2CCN(C(=O)c3ccc(NC(=O)C4CC4)cc3)CC2)cc1. The van der Waals surface area contributed by atoms with E-state index in [1.165, 1.54) is 5.56 Å². The van der Waals surface area contributed by atoms with E-state index in [2.05, 4.69) is 17.4 Å². The quantitative estimate of drug-likeness (QED) is 0.659. The predicted molar refractivity (Wildman–Crippen MR) is 122 cm³/mol. The first kappa shape index (κ1) is 21.4. The molecule has 0 atom stereocenters. The third kappa shape index (κ3) is 5.87. The topological polar surface area (TPSA) is 58.6 Å². The molecule has 1 N–H and O–H groups in total. The highest BCUT2D eigenvalue weighted by Crippen LogP contribution is 2.30. The van der Waals surface area contributed by atoms with Gasteiger partial charge in [0, 0.05) is 30.3 Å². The van der Waals surface area contributed by atoms with E-state index >= 15 is 0 Å². The lowest BCUT2D eigenvalue weighted by molar-refractivity contribution is -0.117. The molecule has 1 aliphatic heterocycles. The van der Waals surface area contributed by atoms with Crippen LogP contribution in [-0.2, 0) is 11.2 Å². The molecule has 1 aliphatic carbocycles. The van der Waals surface area contributed by atoms with Crippen molar-refractivity contribution in [3.05, 3.63) is 59.7 Å². The van der Waals surface area contributed by atoms with Crippen LogP contribution in [0.5, 0.6) is 5.75 Å². The molecule has 2 aromatic rings. The summed E-state index contributed by atoms with van der Waals surface area (Å²) < 4.78 is 5.51. The van der Waals surface area contributed by atoms with Crippen LogP contribution in [0.2, 0.25) is 0 Å². The van der Waals surface area contributed by atoms with Crippen molar-refractivity contribution in [1.29, 1.82) is 0 Å². The van der Waals surface area contributed by atoms with Crippen LogP contribution >= 0.6 is 0 Å². The van der Waals surface area contributed by atoms with E-state index in [0.29, 0.717) is 18.1 Å². The minimum Gasteiger partial charge on any atom is -0.494 e. The summed E-state index contributed by atoms with van der Waals surface area (Å²) in [5.74, 6) is 1.94. The average molecular weight is 421 g/mol. The highest BCUT2D eigenvalue weighted by atomic mass is 16.5. The Morgan fingerprint density at radius 3 is 2.26 bits per heavy atom. The van der Waals surface area contributed by atoms with E-state index in [-0.39, 0.29) is 17.7 Å². The molecule has 0 bridgehead atoms. The second kappa shape index (κ2) is 9.99. The van der Waals surface area contributed by atoms with Crippen molar-refractivity contribution in [1.82, 2.24) is 4.90 Å². The molecular formula is C26H32N2O3. The number of hydrogen-bond acceptors (Lipinski definition) is 3. The number of likely N-dealkylation sites (tertiary alicyclic amines) is 1. The number of aryl methyl sites for hydroxylation is 1. The second-order valence-corrected chi connectivity index (χ2v) is 8.69. The zero-order chi connectivity index (χ0) is 21.6. The van der Waals surface area contributed by atoms with E-state index in [1.54, 1.807) is 0 Å². The van der Waals surface area contributed by atoms with Gasteiger partial charge in [-0.05, 0) is 93.3 Å². The minimum atomic E-state index is 0.0880. The van der Waals surface area contributed by atoms with Gasteiger partial charge in [0.1, 0.15) is 5.75 Å². The van der Waals surface area contributed by atoms with Gasteiger partial charge in [0.05, 0.1) is 6.61 Å². The summed E-state index contributed by atoms with van der Waals surface area (Å²) >= 11 is 0. The number of nitrogens with one attached hydrogen (secondary N) is 1. The smallest absolute Gasteiger partial charge is 0.253 e. The average Bonchev–Trinajstić information content (AvgIpc) is 3.65. The molecule has 0 unspecified atom stereocenters. The number of hydrogen-bond donors (Lipinski definition) is 1. The summed E-state index contributed by atoms with van der Waals surface area (Å²) in [5.41, 5.74) is 2.80. The fraction of sp³-hybridized carbons (Fsp3) is 0.462. The van der Waals surface area contributed by atoms with Crippen LogP contribution in [0.15, 0.2) is 48.5 Å². The molecule has 1 saturated heterocycles. The highest BCUT2D eigenvalue weighted by molar-refractivity contribution is 5.96. The van der Waals surface area contributed by atoms with Gasteiger partial charge in [-0.1, -0.05) is 12.1 Å². The molecule has 1 heterocycles. The van der Waals surface area contributed by atoms with Crippen LogP contribution in [0.1, 0.15) is 54.9 Å². The molecule has 5 heteroatoms. The van der Waals surface area contributed by atoms with E-state index in [9.17, 15) is 9.59 Å². The lowest BCUT2D eigenvalue weighted by atomic mass is 9.90. The summed E-state index contributed by atoms with van der Waals surface area (Å²) in [5, 5.41) is 2.92. The Hall–Kier alpha value is -2.82. The van der Waals surface area contributed by atoms with Gasteiger partial charge in [0.15, 0.2) is 0 Å². The van der Waals surface area contributed by atoms with E-state index in [0.717, 1.165) is 63.1 Å². The third-order valence-electron chi connectivity index (χ3n) is 6.32. The maximum Gasteiger partial charge on any atom is 0.253 e. The van der Waals surface area contributed by atoms with Crippen molar-refractivity contribution in [3.8, 4) is 5.75 Å². The predicted octanol–water partition coefficient (Wildman–Crippen LogP) is 4.92. The molecule has 31 heavy (non-hydrogen) atoms. The number of benzene rings is 2. The first-order valence-corrected chi connectivity index (χ1v) is 11.5. The molecular weight excluding hydrogens is 388 g/mol. The maximum atomic E-state index is 12.8. The van der Waals surface area contributed by atoms with Crippen molar-refractivity contribution in [3.63, 3.8) is 0 Å². The first-order chi connectivity index (χ1) is 15.1. The summed E-state index contributed by atoms with van der Waals surface area (Å²) in [6.07, 6.45) is 6.30. The molecule has 4 rings (SSSR count). The number of anilines is 1. The number of nitrogens with zero attached hydrogens (tertiary/aromatic N) is 1. The van der Waals surface area contributed by atoms with E-state index in [4.69, 9.17) is 4.74 Å². The van der Waals surface area contributed by atoms with Crippen molar-refractivity contribution in [2.24, 2.45) is 11.8 Å². The Morgan fingerprint density at radius 2 is 1.65 bits per heavy atom. The molecule has 2 aliphatic rings. The van der Waals surface area contributed by atoms with Gasteiger partial charge < -0.3 is 15.0 Å². The zero-order valence-corrected chi connectivity index (χ0v) is 18.3. The molecule has 0 radical (unpaired) electrons. The van der Waals surface area contributed by atoms with Crippen LogP contribution < -0.4 is 10.1 Å². The Morgan fingerprint density at radius 1 is 0.968 bits per heavy atom. The maximum absolute atomic E-state index is 12.8. The summed E-state index contributed by atoms with van der Waals surface area (Å²) in [6.45, 7) is 4.31. The van der Waals surface area contributed by atoms with Crippen LogP contribution in [-0.4, -0.2) is 36.4 Å². The molecule has 0 spiro atoms. The Kier molecular flexibility index (Phi) is 6.90. The molecule has 5 nitrogen and oxygen atoms in total. The summed E-state index contributed by atoms with van der Waals surface area (Å²) in [7, 11) is 0. The highest BCUT2D eigenvalue weighted by Gasteiger charge is 2.29. The van der Waals surface area contributed by atoms with Crippen LogP contribution in [0.4, 0.5) is 5.69 Å². The van der Waals surface area contributed by atoms with Crippen molar-refractivity contribution in [2.75, 3.05) is 25.0 Å². The van der Waals surface area contributed by atoms with Crippen molar-refractivity contribution in [2.45, 2.75) is 45.4 Å². The van der Waals surface area contributed by atoms with E-state index in [1.807, 2.05) is 48.2 Å². The molecule has 1 saturated carbocycles. The summed E-state index contributed by atoms with van der Waals surface area (Å²) in [6, 6.07) is 15.7. The molecule has 2 aromatic carbocycles. The Labute approximate surface area is 184 Å². The number of ether oxygens (including phenoxy) is 1. The number of carbonyl (C=O) groups excluding carboxylic acids is 2. The number of carbonyl (C=O) groups is 2. The molecule has 2 amide bonds. The fourth-order valence-electron chi connectivity index (χ4n) is 4.18. The lowest BCUT2D eigenvalue weighted by Crippen LogP contribution is -2.38. The van der Waals surface area contributed by atoms with Gasteiger partial charge in [-0.3, -0.25) is 9.59 Å². The number of amides is 2. The molecule has 0 aromatic heterocycles. The standard InChI is InChI=1S/C26H32N2O3/c1-2-31-24-13-5-19(6-14-24)3-4-20-15-17-28(18-16-20)26(30)22-9-11-23(12-10-22)27-25(29)21-7-8-21/h5-6,9-14,20-21H,2-4,7-8,15-18H2,1H3,(H,27,29). The van der Waals surface area contributed by atoms with Gasteiger partial charge in [-0.25, -0.2) is 0 Å². The Bertz CT molecular complexity index is 880. The van der Waals surface area contributed by atoms with Gasteiger partial charge in [0.2, 0.25) is 5.91 Å². The molecule has 2 fully saturated rings. The normalized spacial score (nSPS) is 16.7. The van der Waals surface area contributed by atoms with Gasteiger partial charge in [-0.2, -0.15) is 0 Å². The Balaban J connectivity index is 1.21. The summed E-state index contributed by atoms with van der Waals surface area (Å²) in [4.78, 5) is 26.7. The van der Waals surface area contributed by atoms with Crippen molar-refractivity contribution >= 4 is 17.5 Å². The third-order valence-corrected chi connectivity index (χ3v) is 6.32. The lowest BCUT2D eigenvalue weighted by Gasteiger charge is -2.32. The number of piperidine rings is 1. The van der Waals surface area contributed by atoms with Gasteiger partial charge in [0.25, 0.3) is 5.91 Å². The van der Waals surface area contributed by atoms with Gasteiger partial charge >= 0.3 is 0 Å². The fourth-order valence-corrected chi connectivity index (χ4v) is 4.18. The van der Waals surface area contributed by atoms with E-state index < -0.39 is 0 Å². The zero-order valence-electron chi connectivity index (χ0n) is 18.3. The monoisotopic (exact) mass is 420 g/mol. The number of rotatable bonds is 8. The largest absolute Gasteiger partial charge is 0.494 e. The van der Waals surface area contributed by atoms with Crippen LogP contribution in [0, 0.1) is 11.8 Å². The first-order valence-electron chi connectivity index (χ1n) is 11.5. The molecule has 164 valence electrons. The van der Waals surface area contributed by atoms with Crippen LogP contribution in [0.3, 0.4) is 0 Å². The second-order valence-electron chi connectivity index (χ2n) is 8.69.